The van der Waals surface area contributed by atoms with Crippen LogP contribution < -0.4 is 10.5 Å². The lowest BCUT2D eigenvalue weighted by Gasteiger charge is -2.39. The number of halogens is 5. The van der Waals surface area contributed by atoms with Crippen LogP contribution in [0.1, 0.15) is 81.8 Å². The van der Waals surface area contributed by atoms with E-state index in [1.807, 2.05) is 0 Å². The molecule has 0 radical (unpaired) electrons. The zero-order valence-corrected chi connectivity index (χ0v) is 20.1. The van der Waals surface area contributed by atoms with Crippen molar-refractivity contribution in [1.82, 2.24) is 0 Å². The molecule has 1 unspecified atom stereocenters. The van der Waals surface area contributed by atoms with Crippen molar-refractivity contribution >= 4 is 0 Å². The third-order valence-electron chi connectivity index (χ3n) is 8.25. The largest absolute Gasteiger partial charge is 0.483 e. The van der Waals surface area contributed by atoms with Gasteiger partial charge in [0.05, 0.1) is 0 Å². The summed E-state index contributed by atoms with van der Waals surface area (Å²) < 4.78 is 74.4. The molecule has 192 valence electrons. The molecule has 7 heteroatoms. The van der Waals surface area contributed by atoms with Crippen molar-refractivity contribution in [2.75, 3.05) is 0 Å². The van der Waals surface area contributed by atoms with Crippen LogP contribution in [0.5, 0.6) is 5.75 Å². The van der Waals surface area contributed by atoms with E-state index >= 15 is 0 Å². The highest BCUT2D eigenvalue weighted by molar-refractivity contribution is 5.34. The molecule has 4 rings (SSSR count). The second kappa shape index (κ2) is 11.3. The van der Waals surface area contributed by atoms with E-state index < -0.39 is 41.4 Å². The zero-order chi connectivity index (χ0) is 25.1. The van der Waals surface area contributed by atoms with Gasteiger partial charge < -0.3 is 10.5 Å². The summed E-state index contributed by atoms with van der Waals surface area (Å²) in [5.41, 5.74) is 6.79. The molecule has 2 N–H and O–H groups in total. The monoisotopic (exact) mass is 495 g/mol. The Hall–Kier alpha value is -2.15. The van der Waals surface area contributed by atoms with Crippen molar-refractivity contribution in [3.8, 4) is 5.75 Å². The fourth-order valence-corrected chi connectivity index (χ4v) is 6.10. The van der Waals surface area contributed by atoms with Gasteiger partial charge in [-0.25, -0.2) is 22.0 Å². The van der Waals surface area contributed by atoms with Gasteiger partial charge in [0.25, 0.3) is 0 Å². The fraction of sp³-hybridized carbons (Fsp3) is 0.571. The van der Waals surface area contributed by atoms with E-state index in [2.05, 4.69) is 6.92 Å². The summed E-state index contributed by atoms with van der Waals surface area (Å²) in [6.07, 6.45) is 9.80. The predicted molar refractivity (Wildman–Crippen MR) is 125 cm³/mol. The van der Waals surface area contributed by atoms with Gasteiger partial charge in [-0.15, -0.1) is 0 Å². The molecule has 0 saturated heterocycles. The lowest BCUT2D eigenvalue weighted by Crippen LogP contribution is -2.34. The minimum atomic E-state index is -1.60. The zero-order valence-electron chi connectivity index (χ0n) is 20.1. The summed E-state index contributed by atoms with van der Waals surface area (Å²) in [5.74, 6) is -4.55. The van der Waals surface area contributed by atoms with Crippen molar-refractivity contribution < 1.29 is 26.7 Å². The molecule has 0 aliphatic heterocycles. The molecule has 35 heavy (non-hydrogen) atoms. The molecule has 2 aromatic carbocycles. The van der Waals surface area contributed by atoms with Gasteiger partial charge >= 0.3 is 0 Å². The highest BCUT2D eigenvalue weighted by Crippen LogP contribution is 2.45. The smallest absolute Gasteiger partial charge is 0.194 e. The van der Waals surface area contributed by atoms with Crippen LogP contribution in [0.3, 0.4) is 0 Å². The van der Waals surface area contributed by atoms with Gasteiger partial charge in [-0.1, -0.05) is 6.92 Å². The topological polar surface area (TPSA) is 35.2 Å². The number of hydrogen-bond donors (Lipinski definition) is 1. The number of hydrogen-bond acceptors (Lipinski definition) is 2. The van der Waals surface area contributed by atoms with Crippen molar-refractivity contribution in [3.05, 3.63) is 64.5 Å². The fourth-order valence-electron chi connectivity index (χ4n) is 6.10. The number of benzene rings is 2. The van der Waals surface area contributed by atoms with Crippen LogP contribution in [-0.4, -0.2) is 6.04 Å². The molecule has 2 fully saturated rings. The predicted octanol–water partition coefficient (Wildman–Crippen LogP) is 7.78. The first-order valence-corrected chi connectivity index (χ1v) is 12.8. The Morgan fingerprint density at radius 2 is 1.29 bits per heavy atom. The summed E-state index contributed by atoms with van der Waals surface area (Å²) >= 11 is 0. The first-order chi connectivity index (χ1) is 16.8. The Morgan fingerprint density at radius 1 is 0.771 bits per heavy atom. The van der Waals surface area contributed by atoms with Gasteiger partial charge in [-0.05, 0) is 117 Å². The van der Waals surface area contributed by atoms with Crippen molar-refractivity contribution in [2.45, 2.75) is 83.3 Å². The highest BCUT2D eigenvalue weighted by Gasteiger charge is 2.33. The third-order valence-corrected chi connectivity index (χ3v) is 8.25. The molecule has 0 aromatic heterocycles. The SMILES string of the molecule is CCC(N)C1CCC(C2CCC(c3cc(F)c(OCc4cc(F)c(F)c(F)c4)c(F)c3)CC2)CC1. The van der Waals surface area contributed by atoms with Crippen LogP contribution in [0.25, 0.3) is 0 Å². The van der Waals surface area contributed by atoms with Crippen LogP contribution in [0, 0.1) is 46.8 Å². The Balaban J connectivity index is 1.33. The van der Waals surface area contributed by atoms with E-state index in [0.29, 0.717) is 23.4 Å². The maximum Gasteiger partial charge on any atom is 0.194 e. The quantitative estimate of drug-likeness (QED) is 0.314. The second-order valence-corrected chi connectivity index (χ2v) is 10.3. The first-order valence-electron chi connectivity index (χ1n) is 12.8. The van der Waals surface area contributed by atoms with Crippen molar-refractivity contribution in [3.63, 3.8) is 0 Å². The summed E-state index contributed by atoms with van der Waals surface area (Å²) in [6.45, 7) is 1.66. The first kappa shape index (κ1) is 25.9. The van der Waals surface area contributed by atoms with Crippen LogP contribution in [-0.2, 0) is 6.61 Å². The molecular weight excluding hydrogens is 461 g/mol. The lowest BCUT2D eigenvalue weighted by molar-refractivity contribution is 0.149. The minimum absolute atomic E-state index is 0.0618. The molecule has 1 atom stereocenters. The van der Waals surface area contributed by atoms with E-state index in [1.54, 1.807) is 0 Å². The molecule has 2 aromatic rings. The highest BCUT2D eigenvalue weighted by atomic mass is 19.2. The summed E-state index contributed by atoms with van der Waals surface area (Å²) in [4.78, 5) is 0. The van der Waals surface area contributed by atoms with E-state index in [4.69, 9.17) is 10.5 Å². The van der Waals surface area contributed by atoms with Gasteiger partial charge in [0.15, 0.2) is 34.8 Å². The maximum absolute atomic E-state index is 14.7. The average Bonchev–Trinajstić information content (AvgIpc) is 2.86. The van der Waals surface area contributed by atoms with Crippen LogP contribution in [0.4, 0.5) is 22.0 Å². The Kier molecular flexibility index (Phi) is 8.35. The lowest BCUT2D eigenvalue weighted by atomic mass is 9.67. The number of nitrogens with two attached hydrogens (primary N) is 1. The van der Waals surface area contributed by atoms with Gasteiger partial charge in [0.2, 0.25) is 0 Å². The summed E-state index contributed by atoms with van der Waals surface area (Å²) in [7, 11) is 0. The van der Waals surface area contributed by atoms with E-state index in [9.17, 15) is 22.0 Å². The van der Waals surface area contributed by atoms with Crippen LogP contribution in [0.15, 0.2) is 24.3 Å². The average molecular weight is 496 g/mol. The number of ether oxygens (including phenoxy) is 1. The molecule has 2 saturated carbocycles. The molecule has 2 nitrogen and oxygen atoms in total. The Morgan fingerprint density at radius 3 is 1.80 bits per heavy atom. The van der Waals surface area contributed by atoms with E-state index in [1.165, 1.54) is 37.8 Å². The second-order valence-electron chi connectivity index (χ2n) is 10.3. The van der Waals surface area contributed by atoms with Crippen LogP contribution in [0.2, 0.25) is 0 Å². The van der Waals surface area contributed by atoms with Crippen LogP contribution >= 0.6 is 0 Å². The standard InChI is InChI=1S/C28H34F5NO/c1-2-26(34)20-9-7-18(8-10-20)17-3-5-19(6-4-17)21-13-24(31)28(25(32)14-21)35-15-16-11-22(29)27(33)23(30)12-16/h11-14,17-20,26H,2-10,15,34H2,1H3. The van der Waals surface area contributed by atoms with Crippen molar-refractivity contribution in [2.24, 2.45) is 23.5 Å². The Bertz CT molecular complexity index is 966. The normalized spacial score (nSPS) is 25.9. The molecule has 0 spiro atoms. The minimum Gasteiger partial charge on any atom is -0.483 e. The Labute approximate surface area is 204 Å². The molecule has 0 heterocycles. The molecule has 2 aliphatic rings. The maximum atomic E-state index is 14.7. The molecule has 0 amide bonds. The summed E-state index contributed by atoms with van der Waals surface area (Å²) in [5, 5.41) is 0. The molecular formula is C28H34F5NO. The van der Waals surface area contributed by atoms with Gasteiger partial charge in [0.1, 0.15) is 6.61 Å². The summed E-state index contributed by atoms with van der Waals surface area (Å²) in [6, 6.07) is 4.39. The van der Waals surface area contributed by atoms with Gasteiger partial charge in [0, 0.05) is 6.04 Å². The molecule has 2 aliphatic carbocycles. The molecule has 0 bridgehead atoms. The van der Waals surface area contributed by atoms with Gasteiger partial charge in [-0.3, -0.25) is 0 Å². The van der Waals surface area contributed by atoms with E-state index in [0.717, 1.165) is 50.2 Å². The third kappa shape index (κ3) is 5.99. The number of rotatable bonds is 7. The van der Waals surface area contributed by atoms with Crippen molar-refractivity contribution in [1.29, 1.82) is 0 Å². The van der Waals surface area contributed by atoms with Gasteiger partial charge in [-0.2, -0.15) is 0 Å². The van der Waals surface area contributed by atoms with E-state index in [-0.39, 0.29) is 11.5 Å².